The number of rotatable bonds is 5. The molecule has 0 saturated carbocycles. The van der Waals surface area contributed by atoms with Crippen molar-refractivity contribution in [1.82, 2.24) is 19.4 Å². The van der Waals surface area contributed by atoms with Crippen molar-refractivity contribution in [3.63, 3.8) is 0 Å². The molecule has 0 spiro atoms. The Morgan fingerprint density at radius 2 is 2.13 bits per heavy atom. The first-order valence-corrected chi connectivity index (χ1v) is 10.5. The van der Waals surface area contributed by atoms with Crippen molar-refractivity contribution < 1.29 is 19.0 Å². The van der Waals surface area contributed by atoms with E-state index in [2.05, 4.69) is 14.9 Å². The Bertz CT molecular complexity index is 1100. The van der Waals surface area contributed by atoms with Crippen LogP contribution < -0.4 is 14.8 Å². The van der Waals surface area contributed by atoms with Gasteiger partial charge in [0.15, 0.2) is 17.1 Å². The molecule has 31 heavy (non-hydrogen) atoms. The summed E-state index contributed by atoms with van der Waals surface area (Å²) in [4.78, 5) is 24.0. The first kappa shape index (κ1) is 19.6. The first-order chi connectivity index (χ1) is 15.2. The largest absolute Gasteiger partial charge is 0.486 e. The second-order valence-corrected chi connectivity index (χ2v) is 7.68. The molecule has 1 N–H and O–H groups in total. The van der Waals surface area contributed by atoms with Crippen molar-refractivity contribution in [2.45, 2.75) is 18.9 Å². The van der Waals surface area contributed by atoms with Gasteiger partial charge in [-0.25, -0.2) is 14.8 Å². The lowest BCUT2D eigenvalue weighted by molar-refractivity contribution is 0.171. The number of aromatic nitrogens is 3. The minimum Gasteiger partial charge on any atom is -0.486 e. The highest BCUT2D eigenvalue weighted by molar-refractivity contribution is 5.90. The lowest BCUT2D eigenvalue weighted by Gasteiger charge is -2.21. The van der Waals surface area contributed by atoms with E-state index in [1.807, 2.05) is 29.2 Å². The summed E-state index contributed by atoms with van der Waals surface area (Å²) < 4.78 is 18.5. The van der Waals surface area contributed by atoms with Gasteiger partial charge in [-0.2, -0.15) is 0 Å². The van der Waals surface area contributed by atoms with E-state index >= 15 is 0 Å². The number of nitrogens with zero attached hydrogens (tertiary/aromatic N) is 4. The number of imidazole rings is 1. The molecule has 0 unspecified atom stereocenters. The van der Waals surface area contributed by atoms with Gasteiger partial charge in [-0.1, -0.05) is 0 Å². The molecule has 9 heteroatoms. The number of nitrogens with one attached hydrogen (secondary N) is 1. The molecule has 0 aliphatic carbocycles. The van der Waals surface area contributed by atoms with Gasteiger partial charge in [0.1, 0.15) is 24.6 Å². The van der Waals surface area contributed by atoms with Crippen molar-refractivity contribution in [1.29, 1.82) is 0 Å². The third-order valence-electron chi connectivity index (χ3n) is 5.69. The highest BCUT2D eigenvalue weighted by Gasteiger charge is 2.31. The fourth-order valence-electron chi connectivity index (χ4n) is 4.17. The summed E-state index contributed by atoms with van der Waals surface area (Å²) in [5, 5.41) is 2.97. The topological polar surface area (TPSA) is 90.7 Å². The summed E-state index contributed by atoms with van der Waals surface area (Å²) in [6, 6.07) is 9.18. The highest BCUT2D eigenvalue weighted by atomic mass is 16.6. The van der Waals surface area contributed by atoms with E-state index in [4.69, 9.17) is 19.2 Å². The van der Waals surface area contributed by atoms with Crippen LogP contribution in [0.5, 0.6) is 11.5 Å². The van der Waals surface area contributed by atoms with Crippen LogP contribution in [-0.4, -0.2) is 65.5 Å². The zero-order valence-corrected chi connectivity index (χ0v) is 17.4. The fraction of sp³-hybridized carbons (Fsp3) is 0.409. The normalized spacial score (nSPS) is 17.8. The summed E-state index contributed by atoms with van der Waals surface area (Å²) in [5.41, 5.74) is 2.41. The smallest absolute Gasteiger partial charge is 0.321 e. The van der Waals surface area contributed by atoms with Gasteiger partial charge in [0.25, 0.3) is 0 Å². The van der Waals surface area contributed by atoms with Gasteiger partial charge in [-0.05, 0) is 30.7 Å². The molecule has 1 fully saturated rings. The molecule has 2 amide bonds. The highest BCUT2D eigenvalue weighted by Crippen LogP contribution is 2.33. The van der Waals surface area contributed by atoms with Crippen molar-refractivity contribution in [3.8, 4) is 11.5 Å². The van der Waals surface area contributed by atoms with E-state index in [1.54, 1.807) is 19.4 Å². The monoisotopic (exact) mass is 423 g/mol. The number of anilines is 1. The standard InChI is InChI=1S/C22H25N5O4/c1-29-10-9-27-20(25-17-3-2-7-23-21(17)27)15-6-8-26(14-15)22(28)24-16-4-5-18-19(13-16)31-12-11-30-18/h2-5,7,13,15H,6,8-12,14H2,1H3,(H,24,28)/t15-/m1/s1. The number of pyridine rings is 1. The Morgan fingerprint density at radius 1 is 1.26 bits per heavy atom. The first-order valence-electron chi connectivity index (χ1n) is 10.5. The fourth-order valence-corrected chi connectivity index (χ4v) is 4.17. The van der Waals surface area contributed by atoms with E-state index in [0.717, 1.165) is 23.4 Å². The van der Waals surface area contributed by atoms with E-state index in [-0.39, 0.29) is 11.9 Å². The van der Waals surface area contributed by atoms with Gasteiger partial charge in [-0.15, -0.1) is 0 Å². The zero-order chi connectivity index (χ0) is 21.2. The molecule has 162 valence electrons. The average Bonchev–Trinajstić information content (AvgIpc) is 3.42. The van der Waals surface area contributed by atoms with Crippen LogP contribution in [0.3, 0.4) is 0 Å². The molecular weight excluding hydrogens is 398 g/mol. The third-order valence-corrected chi connectivity index (χ3v) is 5.69. The number of fused-ring (bicyclic) bond motifs is 2. The number of urea groups is 1. The molecule has 3 aromatic rings. The van der Waals surface area contributed by atoms with Crippen LogP contribution in [0.4, 0.5) is 10.5 Å². The van der Waals surface area contributed by atoms with E-state index in [0.29, 0.717) is 56.6 Å². The summed E-state index contributed by atoms with van der Waals surface area (Å²) in [6.07, 6.45) is 2.63. The molecule has 2 aliphatic rings. The summed E-state index contributed by atoms with van der Waals surface area (Å²) >= 11 is 0. The Labute approximate surface area is 179 Å². The number of likely N-dealkylation sites (tertiary alicyclic amines) is 1. The predicted molar refractivity (Wildman–Crippen MR) is 115 cm³/mol. The summed E-state index contributed by atoms with van der Waals surface area (Å²) in [7, 11) is 1.69. The number of hydrogen-bond donors (Lipinski definition) is 1. The van der Waals surface area contributed by atoms with Crippen LogP contribution in [0.25, 0.3) is 11.2 Å². The van der Waals surface area contributed by atoms with Crippen molar-refractivity contribution in [2.24, 2.45) is 0 Å². The number of carbonyl (C=O) groups is 1. The molecule has 2 aromatic heterocycles. The van der Waals surface area contributed by atoms with E-state index < -0.39 is 0 Å². The Hall–Kier alpha value is -3.33. The number of carbonyl (C=O) groups excluding carboxylic acids is 1. The van der Waals surface area contributed by atoms with Crippen molar-refractivity contribution >= 4 is 22.9 Å². The number of amides is 2. The molecule has 9 nitrogen and oxygen atoms in total. The minimum atomic E-state index is -0.128. The lowest BCUT2D eigenvalue weighted by atomic mass is 10.1. The SMILES string of the molecule is COCCn1c([C@@H]2CCN(C(=O)Nc3ccc4c(c3)OCCO4)C2)nc2cccnc21. The van der Waals surface area contributed by atoms with Gasteiger partial charge in [0.2, 0.25) is 0 Å². The molecule has 2 aliphatic heterocycles. The Balaban J connectivity index is 1.30. The summed E-state index contributed by atoms with van der Waals surface area (Å²) in [5.74, 6) is 2.47. The average molecular weight is 423 g/mol. The number of methoxy groups -OCH3 is 1. The zero-order valence-electron chi connectivity index (χ0n) is 17.4. The van der Waals surface area contributed by atoms with Crippen molar-refractivity contribution in [3.05, 3.63) is 42.4 Å². The van der Waals surface area contributed by atoms with Crippen LogP contribution in [0.1, 0.15) is 18.2 Å². The molecule has 5 rings (SSSR count). The summed E-state index contributed by atoms with van der Waals surface area (Å²) in [6.45, 7) is 3.58. The maximum absolute atomic E-state index is 12.9. The number of benzene rings is 1. The lowest BCUT2D eigenvalue weighted by Crippen LogP contribution is -2.33. The predicted octanol–water partition coefficient (Wildman–Crippen LogP) is 2.87. The van der Waals surface area contributed by atoms with Crippen molar-refractivity contribution in [2.75, 3.05) is 45.3 Å². The van der Waals surface area contributed by atoms with Gasteiger partial charge in [0.05, 0.1) is 6.61 Å². The molecule has 1 atom stereocenters. The van der Waals surface area contributed by atoms with Crippen LogP contribution in [0.2, 0.25) is 0 Å². The molecule has 0 bridgehead atoms. The molecule has 1 aromatic carbocycles. The maximum atomic E-state index is 12.9. The quantitative estimate of drug-likeness (QED) is 0.679. The Morgan fingerprint density at radius 3 is 3.00 bits per heavy atom. The van der Waals surface area contributed by atoms with Gasteiger partial charge in [-0.3, -0.25) is 0 Å². The van der Waals surface area contributed by atoms with Crippen LogP contribution in [0, 0.1) is 0 Å². The second-order valence-electron chi connectivity index (χ2n) is 7.68. The van der Waals surface area contributed by atoms with Crippen LogP contribution in [0.15, 0.2) is 36.5 Å². The van der Waals surface area contributed by atoms with E-state index in [9.17, 15) is 4.79 Å². The molecule has 0 radical (unpaired) electrons. The molecular formula is C22H25N5O4. The number of ether oxygens (including phenoxy) is 3. The second kappa shape index (κ2) is 8.43. The molecule has 4 heterocycles. The third kappa shape index (κ3) is 3.88. The molecule has 1 saturated heterocycles. The maximum Gasteiger partial charge on any atom is 0.321 e. The number of hydrogen-bond acceptors (Lipinski definition) is 6. The Kier molecular flexibility index (Phi) is 5.33. The van der Waals surface area contributed by atoms with Gasteiger partial charge < -0.3 is 29.0 Å². The minimum absolute atomic E-state index is 0.128. The van der Waals surface area contributed by atoms with Crippen LogP contribution in [-0.2, 0) is 11.3 Å². The van der Waals surface area contributed by atoms with E-state index in [1.165, 1.54) is 0 Å². The van der Waals surface area contributed by atoms with Crippen LogP contribution >= 0.6 is 0 Å². The van der Waals surface area contributed by atoms with Gasteiger partial charge in [0, 0.05) is 50.6 Å². The van der Waals surface area contributed by atoms with Gasteiger partial charge >= 0.3 is 6.03 Å².